The Morgan fingerprint density at radius 1 is 1.24 bits per heavy atom. The van der Waals surface area contributed by atoms with Crippen LogP contribution in [0.25, 0.3) is 11.0 Å². The first-order chi connectivity index (χ1) is 10.3. The van der Waals surface area contributed by atoms with Crippen LogP contribution in [0.5, 0.6) is 0 Å². The number of aromatic nitrogens is 2. The number of benzene rings is 1. The summed E-state index contributed by atoms with van der Waals surface area (Å²) in [5.41, 5.74) is 9.64. The van der Waals surface area contributed by atoms with Gasteiger partial charge in [-0.1, -0.05) is 12.1 Å². The van der Waals surface area contributed by atoms with E-state index in [4.69, 9.17) is 11.0 Å². The highest BCUT2D eigenvalue weighted by atomic mass is 15.0. The molecule has 3 rings (SSSR count). The second kappa shape index (κ2) is 5.78. The molecule has 0 fully saturated rings. The lowest BCUT2D eigenvalue weighted by atomic mass is 10.1. The molecule has 4 nitrogen and oxygen atoms in total. The maximum Gasteiger partial charge on any atom is 0.140 e. The summed E-state index contributed by atoms with van der Waals surface area (Å²) in [4.78, 5) is 4.48. The Bertz CT molecular complexity index is 811. The van der Waals surface area contributed by atoms with Gasteiger partial charge >= 0.3 is 0 Å². The summed E-state index contributed by atoms with van der Waals surface area (Å²) >= 11 is 0. The summed E-state index contributed by atoms with van der Waals surface area (Å²) in [7, 11) is 0. The van der Waals surface area contributed by atoms with E-state index in [1.807, 2.05) is 30.3 Å². The highest BCUT2D eigenvalue weighted by Crippen LogP contribution is 2.21. The lowest BCUT2D eigenvalue weighted by molar-refractivity contribution is 0.817. The van der Waals surface area contributed by atoms with Crippen molar-refractivity contribution < 1.29 is 0 Å². The van der Waals surface area contributed by atoms with Gasteiger partial charge in [-0.05, 0) is 48.4 Å². The lowest BCUT2D eigenvalue weighted by Gasteiger charge is -2.05. The molecular weight excluding hydrogens is 260 g/mol. The molecule has 2 aromatic heterocycles. The molecule has 0 bridgehead atoms. The van der Waals surface area contributed by atoms with E-state index in [1.165, 1.54) is 5.56 Å². The molecule has 0 saturated carbocycles. The van der Waals surface area contributed by atoms with Crippen LogP contribution in [0, 0.1) is 11.3 Å². The minimum atomic E-state index is 0.623. The SMILES string of the molecule is N#Cc1cccc(Cn2cc(CCN)c3cccnc32)c1. The Kier molecular flexibility index (Phi) is 3.67. The van der Waals surface area contributed by atoms with Crippen molar-refractivity contribution in [3.05, 3.63) is 65.5 Å². The normalized spacial score (nSPS) is 10.7. The highest BCUT2D eigenvalue weighted by Gasteiger charge is 2.09. The predicted molar refractivity (Wildman–Crippen MR) is 82.8 cm³/mol. The predicted octanol–water partition coefficient (Wildman–Crippen LogP) is 2.46. The summed E-state index contributed by atoms with van der Waals surface area (Å²) in [6.45, 7) is 1.32. The Labute approximate surface area is 123 Å². The van der Waals surface area contributed by atoms with Crippen molar-refractivity contribution in [3.63, 3.8) is 0 Å². The number of hydrogen-bond acceptors (Lipinski definition) is 3. The quantitative estimate of drug-likeness (QED) is 0.796. The third-order valence-corrected chi connectivity index (χ3v) is 3.54. The van der Waals surface area contributed by atoms with Crippen molar-refractivity contribution in [2.75, 3.05) is 6.54 Å². The summed E-state index contributed by atoms with van der Waals surface area (Å²) in [6.07, 6.45) is 4.76. The summed E-state index contributed by atoms with van der Waals surface area (Å²) in [5, 5.41) is 10.1. The Hall–Kier alpha value is -2.64. The van der Waals surface area contributed by atoms with Gasteiger partial charge in [-0.25, -0.2) is 4.98 Å². The number of nitrogens with two attached hydrogens (primary N) is 1. The van der Waals surface area contributed by atoms with E-state index in [2.05, 4.69) is 27.9 Å². The van der Waals surface area contributed by atoms with Gasteiger partial charge in [0.25, 0.3) is 0 Å². The van der Waals surface area contributed by atoms with Gasteiger partial charge in [0.15, 0.2) is 0 Å². The first-order valence-corrected chi connectivity index (χ1v) is 6.93. The second-order valence-corrected chi connectivity index (χ2v) is 5.01. The van der Waals surface area contributed by atoms with Gasteiger partial charge < -0.3 is 10.3 Å². The molecule has 0 saturated heterocycles. The number of rotatable bonds is 4. The van der Waals surface area contributed by atoms with Gasteiger partial charge in [-0.2, -0.15) is 5.26 Å². The summed E-state index contributed by atoms with van der Waals surface area (Å²) in [6, 6.07) is 13.9. The topological polar surface area (TPSA) is 67.6 Å². The molecular formula is C17H16N4. The van der Waals surface area contributed by atoms with Crippen molar-refractivity contribution in [2.24, 2.45) is 5.73 Å². The number of nitrogens with zero attached hydrogens (tertiary/aromatic N) is 3. The Morgan fingerprint density at radius 2 is 2.14 bits per heavy atom. The van der Waals surface area contributed by atoms with Crippen LogP contribution in [-0.2, 0) is 13.0 Å². The number of hydrogen-bond donors (Lipinski definition) is 1. The number of nitriles is 1. The standard InChI is InChI=1S/C17H16N4/c18-7-6-15-12-21(17-16(15)5-2-8-20-17)11-14-4-1-3-13(9-14)10-19/h1-5,8-9,12H,6-7,11,18H2. The zero-order chi connectivity index (χ0) is 14.7. The van der Waals surface area contributed by atoms with Gasteiger partial charge in [0.1, 0.15) is 5.65 Å². The van der Waals surface area contributed by atoms with Gasteiger partial charge in [0, 0.05) is 24.3 Å². The first kappa shape index (κ1) is 13.3. The fourth-order valence-electron chi connectivity index (χ4n) is 2.61. The number of pyridine rings is 1. The molecule has 0 spiro atoms. The van der Waals surface area contributed by atoms with Crippen molar-refractivity contribution in [1.82, 2.24) is 9.55 Å². The number of fused-ring (bicyclic) bond motifs is 1. The zero-order valence-electron chi connectivity index (χ0n) is 11.7. The minimum Gasteiger partial charge on any atom is -0.330 e. The van der Waals surface area contributed by atoms with E-state index < -0.39 is 0 Å². The molecule has 2 heterocycles. The van der Waals surface area contributed by atoms with E-state index in [0.717, 1.165) is 23.0 Å². The monoisotopic (exact) mass is 276 g/mol. The van der Waals surface area contributed by atoms with Gasteiger partial charge in [-0.3, -0.25) is 0 Å². The molecule has 3 aromatic rings. The third-order valence-electron chi connectivity index (χ3n) is 3.54. The molecule has 0 amide bonds. The van der Waals surface area contributed by atoms with Crippen LogP contribution in [0.1, 0.15) is 16.7 Å². The summed E-state index contributed by atoms with van der Waals surface area (Å²) < 4.78 is 2.12. The molecule has 1 aromatic carbocycles. The van der Waals surface area contributed by atoms with Crippen LogP contribution in [0.15, 0.2) is 48.8 Å². The molecule has 0 radical (unpaired) electrons. The first-order valence-electron chi connectivity index (χ1n) is 6.93. The molecule has 2 N–H and O–H groups in total. The van der Waals surface area contributed by atoms with E-state index >= 15 is 0 Å². The average Bonchev–Trinajstić information content (AvgIpc) is 2.86. The van der Waals surface area contributed by atoms with Crippen LogP contribution >= 0.6 is 0 Å². The second-order valence-electron chi connectivity index (χ2n) is 5.01. The Morgan fingerprint density at radius 3 is 2.95 bits per heavy atom. The van der Waals surface area contributed by atoms with E-state index in [9.17, 15) is 0 Å². The van der Waals surface area contributed by atoms with Gasteiger partial charge in [-0.15, -0.1) is 0 Å². The largest absolute Gasteiger partial charge is 0.330 e. The molecule has 0 aliphatic rings. The highest BCUT2D eigenvalue weighted by molar-refractivity contribution is 5.80. The fraction of sp³-hybridized carbons (Fsp3) is 0.176. The third kappa shape index (κ3) is 2.64. The van der Waals surface area contributed by atoms with Crippen molar-refractivity contribution in [1.29, 1.82) is 5.26 Å². The smallest absolute Gasteiger partial charge is 0.140 e. The van der Waals surface area contributed by atoms with Crippen LogP contribution in [0.3, 0.4) is 0 Å². The molecule has 4 heteroatoms. The van der Waals surface area contributed by atoms with Crippen LogP contribution in [0.2, 0.25) is 0 Å². The maximum absolute atomic E-state index is 8.99. The van der Waals surface area contributed by atoms with E-state index in [1.54, 1.807) is 6.20 Å². The molecule has 104 valence electrons. The van der Waals surface area contributed by atoms with Crippen molar-refractivity contribution in [2.45, 2.75) is 13.0 Å². The van der Waals surface area contributed by atoms with Gasteiger partial charge in [0.05, 0.1) is 11.6 Å². The van der Waals surface area contributed by atoms with Crippen LogP contribution in [0.4, 0.5) is 0 Å². The lowest BCUT2D eigenvalue weighted by Crippen LogP contribution is -2.02. The van der Waals surface area contributed by atoms with Crippen LogP contribution in [-0.4, -0.2) is 16.1 Å². The molecule has 0 aliphatic carbocycles. The van der Waals surface area contributed by atoms with E-state index in [0.29, 0.717) is 18.7 Å². The van der Waals surface area contributed by atoms with Gasteiger partial charge in [0.2, 0.25) is 0 Å². The van der Waals surface area contributed by atoms with Crippen molar-refractivity contribution >= 4 is 11.0 Å². The zero-order valence-corrected chi connectivity index (χ0v) is 11.7. The average molecular weight is 276 g/mol. The molecule has 0 unspecified atom stereocenters. The molecule has 0 aliphatic heterocycles. The molecule has 21 heavy (non-hydrogen) atoms. The van der Waals surface area contributed by atoms with E-state index in [-0.39, 0.29) is 0 Å². The summed E-state index contributed by atoms with van der Waals surface area (Å²) in [5.74, 6) is 0. The van der Waals surface area contributed by atoms with Crippen molar-refractivity contribution in [3.8, 4) is 6.07 Å². The van der Waals surface area contributed by atoms with Crippen LogP contribution < -0.4 is 5.73 Å². The maximum atomic E-state index is 8.99. The Balaban J connectivity index is 2.02. The fourth-order valence-corrected chi connectivity index (χ4v) is 2.61. The minimum absolute atomic E-state index is 0.623. The molecule has 0 atom stereocenters.